The lowest BCUT2D eigenvalue weighted by Crippen LogP contribution is -2.57. The van der Waals surface area contributed by atoms with Crippen molar-refractivity contribution in [3.8, 4) is 5.75 Å². The lowest BCUT2D eigenvalue weighted by atomic mass is 9.81. The van der Waals surface area contributed by atoms with Gasteiger partial charge in [0, 0.05) is 10.6 Å². The number of nitrogens with zero attached hydrogens (tertiary/aromatic N) is 2. The molecular weight excluding hydrogens is 491 g/mol. The Labute approximate surface area is 212 Å². The van der Waals surface area contributed by atoms with Crippen molar-refractivity contribution in [3.63, 3.8) is 0 Å². The second kappa shape index (κ2) is 8.95. The fraction of sp³-hybridized carbons (Fsp3) is 0.385. The van der Waals surface area contributed by atoms with E-state index in [-0.39, 0.29) is 22.4 Å². The number of imide groups is 1. The van der Waals surface area contributed by atoms with Crippen LogP contribution in [0, 0.1) is 23.7 Å². The zero-order valence-electron chi connectivity index (χ0n) is 19.2. The molecular formula is C26H24Cl2N2O5. The number of methoxy groups -OCH3 is 1. The third-order valence-electron chi connectivity index (χ3n) is 7.61. The minimum Gasteiger partial charge on any atom is -0.497 e. The van der Waals surface area contributed by atoms with Crippen LogP contribution < -0.4 is 4.74 Å². The Morgan fingerprint density at radius 2 is 1.60 bits per heavy atom. The highest BCUT2D eigenvalue weighted by Gasteiger charge is 2.63. The van der Waals surface area contributed by atoms with Crippen LogP contribution in [0.1, 0.15) is 46.9 Å². The molecule has 35 heavy (non-hydrogen) atoms. The van der Waals surface area contributed by atoms with E-state index in [1.807, 2.05) is 0 Å². The fourth-order valence-electron chi connectivity index (χ4n) is 5.94. The van der Waals surface area contributed by atoms with Gasteiger partial charge in [0.2, 0.25) is 0 Å². The summed E-state index contributed by atoms with van der Waals surface area (Å²) >= 11 is 12.3. The van der Waals surface area contributed by atoms with Crippen LogP contribution >= 0.6 is 23.2 Å². The van der Waals surface area contributed by atoms with Crippen LogP contribution in [-0.2, 0) is 9.59 Å². The molecule has 5 atom stereocenters. The zero-order chi connectivity index (χ0) is 25.0. The maximum atomic E-state index is 13.8. The van der Waals surface area contributed by atoms with Crippen molar-refractivity contribution in [2.45, 2.75) is 32.2 Å². The topological polar surface area (TPSA) is 84.0 Å². The molecule has 9 heteroatoms. The smallest absolute Gasteiger partial charge is 0.275 e. The van der Waals surface area contributed by atoms with Crippen LogP contribution in [0.3, 0.4) is 0 Å². The normalized spacial score (nSPS) is 25.5. The molecule has 1 saturated heterocycles. The Kier molecular flexibility index (Phi) is 6.09. The first-order valence-electron chi connectivity index (χ1n) is 11.6. The number of carbonyl (C=O) groups excluding carboxylic acids is 4. The molecule has 0 radical (unpaired) electrons. The van der Waals surface area contributed by atoms with E-state index < -0.39 is 41.4 Å². The van der Waals surface area contributed by atoms with E-state index >= 15 is 0 Å². The summed E-state index contributed by atoms with van der Waals surface area (Å²) in [6.45, 7) is 1.51. The number of carbonyl (C=O) groups is 4. The number of ether oxygens (including phenoxy) is 1. The van der Waals surface area contributed by atoms with Crippen molar-refractivity contribution in [2.24, 2.45) is 23.7 Å². The van der Waals surface area contributed by atoms with Gasteiger partial charge in [-0.05, 0) is 80.5 Å². The van der Waals surface area contributed by atoms with Crippen LogP contribution in [0.25, 0.3) is 0 Å². The van der Waals surface area contributed by atoms with E-state index in [1.54, 1.807) is 24.3 Å². The molecule has 2 bridgehead atoms. The lowest BCUT2D eigenvalue weighted by Gasteiger charge is -2.35. The van der Waals surface area contributed by atoms with Gasteiger partial charge in [0.25, 0.3) is 17.7 Å². The van der Waals surface area contributed by atoms with E-state index in [0.29, 0.717) is 16.3 Å². The molecule has 1 heterocycles. The van der Waals surface area contributed by atoms with Crippen LogP contribution in [0.2, 0.25) is 10.0 Å². The number of rotatable bonds is 6. The summed E-state index contributed by atoms with van der Waals surface area (Å²) in [4.78, 5) is 54.5. The van der Waals surface area contributed by atoms with Gasteiger partial charge in [-0.1, -0.05) is 23.2 Å². The third-order valence-corrected chi connectivity index (χ3v) is 8.16. The van der Waals surface area contributed by atoms with E-state index in [9.17, 15) is 19.2 Å². The standard InChI is InChI=1S/C26H24Cl2N2O5/c1-13(23(31)14-5-8-18(35-2)9-6-14)29(24(32)19-10-7-17(27)12-20(19)28)30-25(33)21-15-3-4-16(11-15)22(21)26(30)34/h5-10,12-13,15-16,21-22H,3-4,11H2,1-2H3/t13-,15-,16-,21-,22-/m0/s1. The molecule has 7 nitrogen and oxygen atoms in total. The number of hydrogen-bond donors (Lipinski definition) is 0. The summed E-state index contributed by atoms with van der Waals surface area (Å²) in [5, 5.41) is 2.30. The summed E-state index contributed by atoms with van der Waals surface area (Å²) < 4.78 is 5.15. The molecule has 2 saturated carbocycles. The lowest BCUT2D eigenvalue weighted by molar-refractivity contribution is -0.157. The summed E-state index contributed by atoms with van der Waals surface area (Å²) in [6.07, 6.45) is 2.66. The maximum absolute atomic E-state index is 13.8. The highest BCUT2D eigenvalue weighted by Crippen LogP contribution is 2.56. The molecule has 182 valence electrons. The largest absolute Gasteiger partial charge is 0.497 e. The molecule has 3 amide bonds. The zero-order valence-corrected chi connectivity index (χ0v) is 20.8. The number of ketones is 1. The van der Waals surface area contributed by atoms with Gasteiger partial charge in [-0.25, -0.2) is 5.01 Å². The fourth-order valence-corrected chi connectivity index (χ4v) is 6.43. The van der Waals surface area contributed by atoms with Crippen LogP contribution in [0.4, 0.5) is 0 Å². The molecule has 0 unspecified atom stereocenters. The number of benzene rings is 2. The average Bonchev–Trinajstić information content (AvgIpc) is 3.53. The Balaban J connectivity index is 1.55. The van der Waals surface area contributed by atoms with Gasteiger partial charge in [0.05, 0.1) is 29.5 Å². The van der Waals surface area contributed by atoms with E-state index in [0.717, 1.165) is 29.3 Å². The molecule has 2 aliphatic carbocycles. The van der Waals surface area contributed by atoms with Crippen molar-refractivity contribution in [3.05, 3.63) is 63.6 Å². The molecule has 2 aromatic carbocycles. The Morgan fingerprint density at radius 1 is 1.00 bits per heavy atom. The SMILES string of the molecule is COc1ccc(C(=O)[C@H](C)N(C(=O)c2ccc(Cl)cc2Cl)N2C(=O)[C@H]3[C@H]4CC[C@@H](C4)[C@@H]3C2=O)cc1. The van der Waals surface area contributed by atoms with Crippen molar-refractivity contribution in [2.75, 3.05) is 7.11 Å². The number of Topliss-reactive ketones (excluding diaryl/α,β-unsaturated/α-hetero) is 1. The number of amides is 3. The van der Waals surface area contributed by atoms with Crippen LogP contribution in [0.5, 0.6) is 5.75 Å². The van der Waals surface area contributed by atoms with Crippen molar-refractivity contribution in [1.82, 2.24) is 10.0 Å². The average molecular weight is 515 g/mol. The molecule has 3 fully saturated rings. The second-order valence-corrected chi connectivity index (χ2v) is 10.3. The Hall–Kier alpha value is -2.90. The van der Waals surface area contributed by atoms with Crippen molar-refractivity contribution < 1.29 is 23.9 Å². The first-order valence-corrected chi connectivity index (χ1v) is 12.3. The summed E-state index contributed by atoms with van der Waals surface area (Å²) in [5.41, 5.74) is 0.365. The van der Waals surface area contributed by atoms with E-state index in [2.05, 4.69) is 0 Å². The molecule has 1 aliphatic heterocycles. The van der Waals surface area contributed by atoms with Crippen LogP contribution in [-0.4, -0.2) is 46.7 Å². The van der Waals surface area contributed by atoms with Gasteiger partial charge in [-0.15, -0.1) is 0 Å². The molecule has 0 spiro atoms. The monoisotopic (exact) mass is 514 g/mol. The molecule has 0 aromatic heterocycles. The Bertz CT molecular complexity index is 1200. The summed E-state index contributed by atoms with van der Waals surface area (Å²) in [5.74, 6) is -2.02. The predicted molar refractivity (Wildman–Crippen MR) is 129 cm³/mol. The molecule has 2 aromatic rings. The van der Waals surface area contributed by atoms with Gasteiger partial charge in [-0.2, -0.15) is 5.01 Å². The second-order valence-electron chi connectivity index (χ2n) is 9.42. The van der Waals surface area contributed by atoms with E-state index in [1.165, 1.54) is 32.2 Å². The highest BCUT2D eigenvalue weighted by atomic mass is 35.5. The Morgan fingerprint density at radius 3 is 2.14 bits per heavy atom. The minimum atomic E-state index is -1.15. The summed E-state index contributed by atoms with van der Waals surface area (Å²) in [6, 6.07) is 9.63. The predicted octanol–water partition coefficient (Wildman–Crippen LogP) is 4.66. The first-order chi connectivity index (χ1) is 16.7. The van der Waals surface area contributed by atoms with Gasteiger partial charge >= 0.3 is 0 Å². The summed E-state index contributed by atoms with van der Waals surface area (Å²) in [7, 11) is 1.52. The van der Waals surface area contributed by atoms with Gasteiger partial charge in [0.1, 0.15) is 11.8 Å². The quantitative estimate of drug-likeness (QED) is 0.413. The molecule has 0 N–H and O–H groups in total. The number of fused-ring (bicyclic) bond motifs is 5. The van der Waals surface area contributed by atoms with Crippen molar-refractivity contribution in [1.29, 1.82) is 0 Å². The minimum absolute atomic E-state index is 0.0473. The van der Waals surface area contributed by atoms with E-state index in [4.69, 9.17) is 27.9 Å². The third kappa shape index (κ3) is 3.81. The van der Waals surface area contributed by atoms with Crippen molar-refractivity contribution >= 4 is 46.7 Å². The number of hydrogen-bond acceptors (Lipinski definition) is 5. The van der Waals surface area contributed by atoms with Gasteiger partial charge in [0.15, 0.2) is 5.78 Å². The molecule has 3 aliphatic rings. The van der Waals surface area contributed by atoms with Gasteiger partial charge in [-0.3, -0.25) is 19.2 Å². The molecule has 5 rings (SSSR count). The number of halogens is 2. The first kappa shape index (κ1) is 23.8. The highest BCUT2D eigenvalue weighted by molar-refractivity contribution is 6.36. The maximum Gasteiger partial charge on any atom is 0.275 e. The number of hydrazine groups is 1. The van der Waals surface area contributed by atoms with Gasteiger partial charge < -0.3 is 4.74 Å². The van der Waals surface area contributed by atoms with Crippen LogP contribution in [0.15, 0.2) is 42.5 Å².